The summed E-state index contributed by atoms with van der Waals surface area (Å²) in [6, 6.07) is 11.8. The molecule has 0 heterocycles. The van der Waals surface area contributed by atoms with Crippen LogP contribution < -0.4 is 11.1 Å². The number of aryl methyl sites for hydroxylation is 2. The van der Waals surface area contributed by atoms with E-state index in [1.807, 2.05) is 39.8 Å². The maximum Gasteiger partial charge on any atom is 0.244 e. The molecule has 2 aromatic rings. The Labute approximate surface area is 153 Å². The Kier molecular flexibility index (Phi) is 5.78. The van der Waals surface area contributed by atoms with E-state index in [2.05, 4.69) is 11.4 Å². The second-order valence-electron chi connectivity index (χ2n) is 6.71. The molecule has 0 bridgehead atoms. The Morgan fingerprint density at radius 2 is 1.69 bits per heavy atom. The molecule has 1 atom stereocenters. The van der Waals surface area contributed by atoms with Crippen molar-refractivity contribution in [2.75, 3.05) is 5.32 Å². The number of carbonyl (C=O) groups excluding carboxylic acids is 2. The van der Waals surface area contributed by atoms with Gasteiger partial charge in [0.2, 0.25) is 5.91 Å². The van der Waals surface area contributed by atoms with Gasteiger partial charge in [0.05, 0.1) is 11.6 Å². The molecule has 1 unspecified atom stereocenters. The van der Waals surface area contributed by atoms with E-state index in [9.17, 15) is 9.59 Å². The van der Waals surface area contributed by atoms with Crippen LogP contribution in [0.2, 0.25) is 0 Å². The van der Waals surface area contributed by atoms with Gasteiger partial charge >= 0.3 is 0 Å². The standard InChI is InChI=1S/C21H23N3O2/c1-12(2)20(25)18-10-13(3)17(9-14(18)4)19(21(23)26)24-16-7-5-15(11-22)6-8-16/h5-10,12,19,24H,1-4H3,(H2,23,26). The second-order valence-corrected chi connectivity index (χ2v) is 6.71. The van der Waals surface area contributed by atoms with E-state index in [1.54, 1.807) is 24.3 Å². The zero-order chi connectivity index (χ0) is 19.4. The number of ketones is 1. The number of hydrogen-bond donors (Lipinski definition) is 2. The molecule has 0 aliphatic rings. The highest BCUT2D eigenvalue weighted by Crippen LogP contribution is 2.27. The average molecular weight is 349 g/mol. The van der Waals surface area contributed by atoms with E-state index in [-0.39, 0.29) is 11.7 Å². The van der Waals surface area contributed by atoms with E-state index >= 15 is 0 Å². The number of nitriles is 1. The van der Waals surface area contributed by atoms with Crippen molar-refractivity contribution >= 4 is 17.4 Å². The van der Waals surface area contributed by atoms with Crippen LogP contribution in [0.15, 0.2) is 36.4 Å². The van der Waals surface area contributed by atoms with Crippen LogP contribution >= 0.6 is 0 Å². The van der Waals surface area contributed by atoms with Gasteiger partial charge in [-0.05, 0) is 60.9 Å². The molecule has 2 rings (SSSR count). The number of nitrogens with zero attached hydrogens (tertiary/aromatic N) is 1. The normalized spacial score (nSPS) is 11.7. The van der Waals surface area contributed by atoms with Gasteiger partial charge in [-0.2, -0.15) is 5.26 Å². The molecule has 0 radical (unpaired) electrons. The fourth-order valence-electron chi connectivity index (χ4n) is 2.84. The molecule has 3 N–H and O–H groups in total. The maximum atomic E-state index is 12.4. The topological polar surface area (TPSA) is 96.0 Å². The van der Waals surface area contributed by atoms with Crippen molar-refractivity contribution in [2.45, 2.75) is 33.7 Å². The van der Waals surface area contributed by atoms with Gasteiger partial charge in [-0.1, -0.05) is 19.9 Å². The van der Waals surface area contributed by atoms with Crippen LogP contribution in [0, 0.1) is 31.1 Å². The van der Waals surface area contributed by atoms with E-state index in [0.29, 0.717) is 16.8 Å². The number of nitrogens with two attached hydrogens (primary N) is 1. The highest BCUT2D eigenvalue weighted by Gasteiger charge is 2.22. The average Bonchev–Trinajstić information content (AvgIpc) is 2.61. The zero-order valence-corrected chi connectivity index (χ0v) is 15.5. The van der Waals surface area contributed by atoms with Gasteiger partial charge in [0.25, 0.3) is 0 Å². The zero-order valence-electron chi connectivity index (χ0n) is 15.5. The van der Waals surface area contributed by atoms with E-state index in [0.717, 1.165) is 16.7 Å². The van der Waals surface area contributed by atoms with Crippen molar-refractivity contribution in [1.82, 2.24) is 0 Å². The molecule has 0 saturated heterocycles. The van der Waals surface area contributed by atoms with Crippen LogP contribution in [0.3, 0.4) is 0 Å². The minimum absolute atomic E-state index is 0.0767. The molecular formula is C21H23N3O2. The Morgan fingerprint density at radius 1 is 1.08 bits per heavy atom. The summed E-state index contributed by atoms with van der Waals surface area (Å²) < 4.78 is 0. The van der Waals surface area contributed by atoms with E-state index in [1.165, 1.54) is 0 Å². The smallest absolute Gasteiger partial charge is 0.244 e. The van der Waals surface area contributed by atoms with Crippen molar-refractivity contribution in [2.24, 2.45) is 11.7 Å². The fraction of sp³-hybridized carbons (Fsp3) is 0.286. The van der Waals surface area contributed by atoms with Crippen molar-refractivity contribution in [3.8, 4) is 6.07 Å². The number of Topliss-reactive ketones (excluding diaryl/α,β-unsaturated/α-hetero) is 1. The summed E-state index contributed by atoms with van der Waals surface area (Å²) in [6.45, 7) is 7.45. The summed E-state index contributed by atoms with van der Waals surface area (Å²) in [5, 5.41) is 12.0. The lowest BCUT2D eigenvalue weighted by Gasteiger charge is -2.21. The summed E-state index contributed by atoms with van der Waals surface area (Å²) >= 11 is 0. The third-order valence-corrected chi connectivity index (χ3v) is 4.32. The van der Waals surface area contributed by atoms with Crippen molar-refractivity contribution in [3.63, 3.8) is 0 Å². The summed E-state index contributed by atoms with van der Waals surface area (Å²) in [7, 11) is 0. The lowest BCUT2D eigenvalue weighted by atomic mass is 9.90. The Balaban J connectivity index is 2.41. The first-order chi connectivity index (χ1) is 12.2. The molecule has 0 aliphatic carbocycles. The summed E-state index contributed by atoms with van der Waals surface area (Å²) in [6.07, 6.45) is 0. The summed E-state index contributed by atoms with van der Waals surface area (Å²) in [5.41, 5.74) is 9.89. The first kappa shape index (κ1) is 19.2. The second kappa shape index (κ2) is 7.83. The van der Waals surface area contributed by atoms with Crippen LogP contribution in [-0.2, 0) is 4.79 Å². The number of primary amides is 1. The highest BCUT2D eigenvalue weighted by molar-refractivity contribution is 5.99. The summed E-state index contributed by atoms with van der Waals surface area (Å²) in [4.78, 5) is 24.4. The third kappa shape index (κ3) is 4.09. The maximum absolute atomic E-state index is 12.4. The fourth-order valence-corrected chi connectivity index (χ4v) is 2.84. The lowest BCUT2D eigenvalue weighted by molar-refractivity contribution is -0.118. The molecule has 0 aromatic heterocycles. The molecule has 0 spiro atoms. The van der Waals surface area contributed by atoms with Gasteiger partial charge in [0, 0.05) is 17.2 Å². The third-order valence-electron chi connectivity index (χ3n) is 4.32. The number of benzene rings is 2. The minimum Gasteiger partial charge on any atom is -0.370 e. The molecule has 5 nitrogen and oxygen atoms in total. The number of nitrogens with one attached hydrogen (secondary N) is 1. The molecule has 2 aromatic carbocycles. The van der Waals surface area contributed by atoms with Gasteiger partial charge < -0.3 is 11.1 Å². The Morgan fingerprint density at radius 3 is 2.19 bits per heavy atom. The minimum atomic E-state index is -0.732. The molecule has 0 saturated carbocycles. The van der Waals surface area contributed by atoms with Crippen LogP contribution in [0.4, 0.5) is 5.69 Å². The predicted octanol–water partition coefficient (Wildman–Crippen LogP) is 3.65. The van der Waals surface area contributed by atoms with E-state index < -0.39 is 11.9 Å². The molecule has 1 amide bonds. The molecule has 134 valence electrons. The van der Waals surface area contributed by atoms with Gasteiger partial charge in [-0.25, -0.2) is 0 Å². The van der Waals surface area contributed by atoms with Gasteiger partial charge in [-0.3, -0.25) is 9.59 Å². The number of amides is 1. The van der Waals surface area contributed by atoms with Crippen molar-refractivity contribution in [3.05, 3.63) is 64.2 Å². The van der Waals surface area contributed by atoms with Crippen LogP contribution in [0.25, 0.3) is 0 Å². The summed E-state index contributed by atoms with van der Waals surface area (Å²) in [5.74, 6) is -0.532. The van der Waals surface area contributed by atoms with Crippen LogP contribution in [-0.4, -0.2) is 11.7 Å². The SMILES string of the molecule is Cc1cc(C(Nc2ccc(C#N)cc2)C(N)=O)c(C)cc1C(=O)C(C)C. The van der Waals surface area contributed by atoms with Crippen LogP contribution in [0.5, 0.6) is 0 Å². The molecule has 26 heavy (non-hydrogen) atoms. The predicted molar refractivity (Wildman–Crippen MR) is 102 cm³/mol. The molecular weight excluding hydrogens is 326 g/mol. The lowest BCUT2D eigenvalue weighted by Crippen LogP contribution is -2.28. The largest absolute Gasteiger partial charge is 0.370 e. The number of anilines is 1. The molecule has 5 heteroatoms. The first-order valence-corrected chi connectivity index (χ1v) is 8.46. The van der Waals surface area contributed by atoms with Crippen LogP contribution in [0.1, 0.15) is 52.5 Å². The monoisotopic (exact) mass is 349 g/mol. The van der Waals surface area contributed by atoms with Crippen molar-refractivity contribution < 1.29 is 9.59 Å². The van der Waals surface area contributed by atoms with E-state index in [4.69, 9.17) is 11.0 Å². The van der Waals surface area contributed by atoms with Gasteiger partial charge in [-0.15, -0.1) is 0 Å². The van der Waals surface area contributed by atoms with Gasteiger partial charge in [0.15, 0.2) is 5.78 Å². The number of carbonyl (C=O) groups is 2. The number of rotatable bonds is 6. The quantitative estimate of drug-likeness (QED) is 0.778. The number of hydrogen-bond acceptors (Lipinski definition) is 4. The highest BCUT2D eigenvalue weighted by atomic mass is 16.1. The van der Waals surface area contributed by atoms with Gasteiger partial charge in [0.1, 0.15) is 6.04 Å². The Hall–Kier alpha value is -3.13. The van der Waals surface area contributed by atoms with Crippen molar-refractivity contribution in [1.29, 1.82) is 5.26 Å². The first-order valence-electron chi connectivity index (χ1n) is 8.46. The molecule has 0 aliphatic heterocycles. The molecule has 0 fully saturated rings. The Bertz CT molecular complexity index is 877.